The first kappa shape index (κ1) is 15.5. The summed E-state index contributed by atoms with van der Waals surface area (Å²) in [6, 6.07) is 14.3. The van der Waals surface area contributed by atoms with Gasteiger partial charge in [0.15, 0.2) is 17.7 Å². The molecule has 1 N–H and O–H groups in total. The van der Waals surface area contributed by atoms with Gasteiger partial charge in [0.2, 0.25) is 0 Å². The summed E-state index contributed by atoms with van der Waals surface area (Å²) in [6.45, 7) is 1.64. The lowest BCUT2D eigenvalue weighted by atomic mass is 9.87. The SMILES string of the molecule is CC(Oc1ccccc1F)C(=O)NC1CCCc2ccccc21. The molecule has 0 saturated carbocycles. The van der Waals surface area contributed by atoms with Crippen LogP contribution in [0.1, 0.15) is 36.9 Å². The number of carbonyl (C=O) groups is 1. The monoisotopic (exact) mass is 313 g/mol. The van der Waals surface area contributed by atoms with E-state index in [0.29, 0.717) is 0 Å². The van der Waals surface area contributed by atoms with E-state index in [2.05, 4.69) is 17.4 Å². The van der Waals surface area contributed by atoms with E-state index in [0.717, 1.165) is 19.3 Å². The van der Waals surface area contributed by atoms with Crippen molar-refractivity contribution < 1.29 is 13.9 Å². The van der Waals surface area contributed by atoms with E-state index in [1.807, 2.05) is 12.1 Å². The van der Waals surface area contributed by atoms with Crippen molar-refractivity contribution >= 4 is 5.91 Å². The summed E-state index contributed by atoms with van der Waals surface area (Å²) in [5.41, 5.74) is 2.46. The third kappa shape index (κ3) is 3.52. The van der Waals surface area contributed by atoms with E-state index in [1.54, 1.807) is 19.1 Å². The van der Waals surface area contributed by atoms with Gasteiger partial charge in [-0.05, 0) is 49.4 Å². The highest BCUT2D eigenvalue weighted by Crippen LogP contribution is 2.29. The number of para-hydroxylation sites is 1. The number of benzene rings is 2. The van der Waals surface area contributed by atoms with Crippen LogP contribution in [0, 0.1) is 5.82 Å². The van der Waals surface area contributed by atoms with E-state index in [-0.39, 0.29) is 17.7 Å². The Morgan fingerprint density at radius 1 is 1.22 bits per heavy atom. The molecule has 4 heteroatoms. The largest absolute Gasteiger partial charge is 0.478 e. The summed E-state index contributed by atoms with van der Waals surface area (Å²) in [5, 5.41) is 3.03. The van der Waals surface area contributed by atoms with Crippen LogP contribution in [-0.4, -0.2) is 12.0 Å². The molecule has 3 rings (SSSR count). The van der Waals surface area contributed by atoms with Gasteiger partial charge in [-0.15, -0.1) is 0 Å². The quantitative estimate of drug-likeness (QED) is 0.932. The Balaban J connectivity index is 1.67. The zero-order valence-electron chi connectivity index (χ0n) is 13.1. The van der Waals surface area contributed by atoms with Gasteiger partial charge in [0, 0.05) is 0 Å². The van der Waals surface area contributed by atoms with Crippen molar-refractivity contribution in [1.29, 1.82) is 0 Å². The third-order valence-corrected chi connectivity index (χ3v) is 4.20. The minimum atomic E-state index is -0.749. The maximum Gasteiger partial charge on any atom is 0.261 e. The van der Waals surface area contributed by atoms with Crippen molar-refractivity contribution in [1.82, 2.24) is 5.32 Å². The van der Waals surface area contributed by atoms with Gasteiger partial charge in [0.05, 0.1) is 6.04 Å². The van der Waals surface area contributed by atoms with Gasteiger partial charge < -0.3 is 10.1 Å². The molecule has 120 valence electrons. The number of carbonyl (C=O) groups excluding carboxylic acids is 1. The standard InChI is InChI=1S/C19H20FNO2/c1-13(23-18-12-5-4-10-16(18)20)19(22)21-17-11-6-8-14-7-2-3-9-15(14)17/h2-5,7,9-10,12-13,17H,6,8,11H2,1H3,(H,21,22). The van der Waals surface area contributed by atoms with Crippen molar-refractivity contribution in [2.45, 2.75) is 38.3 Å². The van der Waals surface area contributed by atoms with Crippen LogP contribution in [0.15, 0.2) is 48.5 Å². The van der Waals surface area contributed by atoms with E-state index in [9.17, 15) is 9.18 Å². The Labute approximate surface area is 135 Å². The number of hydrogen-bond donors (Lipinski definition) is 1. The molecular weight excluding hydrogens is 293 g/mol. The number of halogens is 1. The molecular formula is C19H20FNO2. The van der Waals surface area contributed by atoms with E-state index in [4.69, 9.17) is 4.74 Å². The molecule has 0 radical (unpaired) electrons. The van der Waals surface area contributed by atoms with Crippen molar-refractivity contribution in [2.75, 3.05) is 0 Å². The van der Waals surface area contributed by atoms with Crippen LogP contribution in [0.2, 0.25) is 0 Å². The molecule has 0 fully saturated rings. The second-order valence-corrected chi connectivity index (χ2v) is 5.84. The van der Waals surface area contributed by atoms with Crippen LogP contribution in [-0.2, 0) is 11.2 Å². The van der Waals surface area contributed by atoms with Crippen LogP contribution in [0.25, 0.3) is 0 Å². The summed E-state index contributed by atoms with van der Waals surface area (Å²) in [6.07, 6.45) is 2.25. The second kappa shape index (κ2) is 6.82. The first-order chi connectivity index (χ1) is 11.1. The van der Waals surface area contributed by atoms with Crippen molar-refractivity contribution in [2.24, 2.45) is 0 Å². The van der Waals surface area contributed by atoms with Crippen LogP contribution < -0.4 is 10.1 Å². The summed E-state index contributed by atoms with van der Waals surface area (Å²) in [7, 11) is 0. The minimum Gasteiger partial charge on any atom is -0.478 e. The Hall–Kier alpha value is -2.36. The average molecular weight is 313 g/mol. The lowest BCUT2D eigenvalue weighted by Gasteiger charge is -2.27. The molecule has 23 heavy (non-hydrogen) atoms. The fraction of sp³-hybridized carbons (Fsp3) is 0.316. The highest BCUT2D eigenvalue weighted by Gasteiger charge is 2.24. The summed E-state index contributed by atoms with van der Waals surface area (Å²) in [5.74, 6) is -0.593. The number of fused-ring (bicyclic) bond motifs is 1. The van der Waals surface area contributed by atoms with Gasteiger partial charge in [-0.25, -0.2) is 4.39 Å². The zero-order valence-corrected chi connectivity index (χ0v) is 13.1. The van der Waals surface area contributed by atoms with Crippen LogP contribution in [0.5, 0.6) is 5.75 Å². The Morgan fingerprint density at radius 2 is 1.96 bits per heavy atom. The smallest absolute Gasteiger partial charge is 0.261 e. The summed E-state index contributed by atoms with van der Waals surface area (Å²) < 4.78 is 19.1. The molecule has 3 nitrogen and oxygen atoms in total. The van der Waals surface area contributed by atoms with Gasteiger partial charge in [-0.1, -0.05) is 36.4 Å². The molecule has 2 unspecified atom stereocenters. The predicted octanol–water partition coefficient (Wildman–Crippen LogP) is 3.79. The maximum atomic E-state index is 13.6. The molecule has 0 bridgehead atoms. The summed E-state index contributed by atoms with van der Waals surface area (Å²) in [4.78, 5) is 12.4. The fourth-order valence-electron chi connectivity index (χ4n) is 2.98. The predicted molar refractivity (Wildman–Crippen MR) is 86.8 cm³/mol. The zero-order chi connectivity index (χ0) is 16.2. The molecule has 0 heterocycles. The fourth-order valence-corrected chi connectivity index (χ4v) is 2.98. The number of ether oxygens (including phenoxy) is 1. The van der Waals surface area contributed by atoms with Crippen molar-refractivity contribution in [3.8, 4) is 5.75 Å². The van der Waals surface area contributed by atoms with Crippen LogP contribution in [0.4, 0.5) is 4.39 Å². The van der Waals surface area contributed by atoms with Gasteiger partial charge in [-0.3, -0.25) is 4.79 Å². The molecule has 2 atom stereocenters. The first-order valence-corrected chi connectivity index (χ1v) is 7.94. The lowest BCUT2D eigenvalue weighted by Crippen LogP contribution is -2.39. The Morgan fingerprint density at radius 3 is 2.78 bits per heavy atom. The van der Waals surface area contributed by atoms with E-state index in [1.165, 1.54) is 23.3 Å². The topological polar surface area (TPSA) is 38.3 Å². The number of aryl methyl sites for hydroxylation is 1. The maximum absolute atomic E-state index is 13.6. The number of hydrogen-bond acceptors (Lipinski definition) is 2. The molecule has 0 saturated heterocycles. The van der Waals surface area contributed by atoms with Crippen molar-refractivity contribution in [3.63, 3.8) is 0 Å². The van der Waals surface area contributed by atoms with Gasteiger partial charge >= 0.3 is 0 Å². The highest BCUT2D eigenvalue weighted by atomic mass is 19.1. The number of amides is 1. The second-order valence-electron chi connectivity index (χ2n) is 5.84. The average Bonchev–Trinajstić information content (AvgIpc) is 2.57. The minimum absolute atomic E-state index is 0.000815. The number of nitrogens with one attached hydrogen (secondary N) is 1. The van der Waals surface area contributed by atoms with Crippen LogP contribution >= 0.6 is 0 Å². The molecule has 1 amide bonds. The van der Waals surface area contributed by atoms with Gasteiger partial charge in [0.1, 0.15) is 0 Å². The normalized spacial score (nSPS) is 17.9. The van der Waals surface area contributed by atoms with E-state index < -0.39 is 11.9 Å². The molecule has 0 aliphatic heterocycles. The molecule has 1 aliphatic carbocycles. The van der Waals surface area contributed by atoms with Gasteiger partial charge in [-0.2, -0.15) is 0 Å². The van der Waals surface area contributed by atoms with Gasteiger partial charge in [0.25, 0.3) is 5.91 Å². The van der Waals surface area contributed by atoms with E-state index >= 15 is 0 Å². The molecule has 0 spiro atoms. The Bertz CT molecular complexity index is 701. The molecule has 1 aliphatic rings. The summed E-state index contributed by atoms with van der Waals surface area (Å²) >= 11 is 0. The molecule has 2 aromatic rings. The van der Waals surface area contributed by atoms with Crippen LogP contribution in [0.3, 0.4) is 0 Å². The number of rotatable bonds is 4. The van der Waals surface area contributed by atoms with Crippen molar-refractivity contribution in [3.05, 3.63) is 65.5 Å². The third-order valence-electron chi connectivity index (χ3n) is 4.20. The Kier molecular flexibility index (Phi) is 4.60. The molecule has 2 aromatic carbocycles. The highest BCUT2D eigenvalue weighted by molar-refractivity contribution is 5.81. The lowest BCUT2D eigenvalue weighted by molar-refractivity contribution is -0.128. The first-order valence-electron chi connectivity index (χ1n) is 7.94. The molecule has 0 aromatic heterocycles.